The van der Waals surface area contributed by atoms with Crippen LogP contribution in [-0.2, 0) is 0 Å². The molecule has 1 saturated heterocycles. The van der Waals surface area contributed by atoms with Crippen LogP contribution in [0.25, 0.3) is 0 Å². The first-order valence-corrected chi connectivity index (χ1v) is 8.41. The van der Waals surface area contributed by atoms with E-state index in [2.05, 4.69) is 47.1 Å². The minimum Gasteiger partial charge on any atom is -0.417 e. The number of nitrogens with zero attached hydrogens (tertiary/aromatic N) is 4. The van der Waals surface area contributed by atoms with Gasteiger partial charge >= 0.3 is 11.8 Å². The highest BCUT2D eigenvalue weighted by atomic mass is 16.4. The van der Waals surface area contributed by atoms with Crippen molar-refractivity contribution in [1.82, 2.24) is 15.1 Å². The van der Waals surface area contributed by atoms with Crippen LogP contribution in [-0.4, -0.2) is 47.2 Å². The molecule has 6 heteroatoms. The van der Waals surface area contributed by atoms with Gasteiger partial charge in [0.05, 0.1) is 0 Å². The summed E-state index contributed by atoms with van der Waals surface area (Å²) in [5, 5.41) is 7.83. The van der Waals surface area contributed by atoms with E-state index in [9.17, 15) is 4.79 Å². The van der Waals surface area contributed by atoms with Crippen LogP contribution in [0.3, 0.4) is 0 Å². The Kier molecular flexibility index (Phi) is 4.55. The first-order valence-electron chi connectivity index (χ1n) is 8.41. The molecule has 0 aliphatic carbocycles. The van der Waals surface area contributed by atoms with Gasteiger partial charge in [-0.15, -0.1) is 10.2 Å². The third-order valence-corrected chi connectivity index (χ3v) is 4.60. The lowest BCUT2D eigenvalue weighted by Gasteiger charge is -2.36. The molecule has 0 saturated carbocycles. The maximum absolute atomic E-state index is 12.5. The summed E-state index contributed by atoms with van der Waals surface area (Å²) in [4.78, 5) is 16.6. The fraction of sp³-hybridized carbons (Fsp3) is 0.500. The molecule has 0 N–H and O–H groups in total. The summed E-state index contributed by atoms with van der Waals surface area (Å²) in [6.45, 7) is 11.1. The molecule has 24 heavy (non-hydrogen) atoms. The summed E-state index contributed by atoms with van der Waals surface area (Å²) in [6.07, 6.45) is 0. The first-order chi connectivity index (χ1) is 11.5. The average Bonchev–Trinajstić information content (AvgIpc) is 3.07. The monoisotopic (exact) mass is 328 g/mol. The number of amides is 1. The van der Waals surface area contributed by atoms with Crippen LogP contribution in [0.4, 0.5) is 5.69 Å². The van der Waals surface area contributed by atoms with E-state index < -0.39 is 0 Å². The molecule has 3 rings (SSSR count). The van der Waals surface area contributed by atoms with Crippen LogP contribution < -0.4 is 4.90 Å². The molecule has 0 unspecified atom stereocenters. The van der Waals surface area contributed by atoms with Crippen LogP contribution in [0.1, 0.15) is 47.5 Å². The summed E-state index contributed by atoms with van der Waals surface area (Å²) in [7, 11) is 0. The Labute approximate surface area is 142 Å². The zero-order valence-corrected chi connectivity index (χ0v) is 14.7. The van der Waals surface area contributed by atoms with Crippen molar-refractivity contribution >= 4 is 11.6 Å². The van der Waals surface area contributed by atoms with Crippen LogP contribution in [0.2, 0.25) is 0 Å². The molecule has 1 fully saturated rings. The van der Waals surface area contributed by atoms with Crippen molar-refractivity contribution in [3.05, 3.63) is 41.1 Å². The van der Waals surface area contributed by atoms with Gasteiger partial charge in [-0.3, -0.25) is 4.79 Å². The molecule has 1 amide bonds. The van der Waals surface area contributed by atoms with E-state index in [1.165, 1.54) is 16.8 Å². The highest BCUT2D eigenvalue weighted by Crippen LogP contribution is 2.24. The fourth-order valence-corrected chi connectivity index (χ4v) is 2.92. The second-order valence-electron chi connectivity index (χ2n) is 6.60. The van der Waals surface area contributed by atoms with E-state index in [-0.39, 0.29) is 17.7 Å². The Balaban J connectivity index is 1.66. The molecule has 2 aromatic rings. The van der Waals surface area contributed by atoms with E-state index in [4.69, 9.17) is 4.42 Å². The van der Waals surface area contributed by atoms with Gasteiger partial charge in [0.25, 0.3) is 0 Å². The Morgan fingerprint density at radius 2 is 1.83 bits per heavy atom. The highest BCUT2D eigenvalue weighted by molar-refractivity contribution is 5.89. The molecule has 1 aliphatic rings. The van der Waals surface area contributed by atoms with Gasteiger partial charge in [0.1, 0.15) is 0 Å². The normalized spacial score (nSPS) is 15.2. The Morgan fingerprint density at radius 1 is 1.12 bits per heavy atom. The number of carbonyl (C=O) groups excluding carboxylic acids is 1. The molecule has 0 bridgehead atoms. The number of carbonyl (C=O) groups is 1. The number of rotatable bonds is 3. The Hall–Kier alpha value is -2.37. The predicted octanol–water partition coefficient (Wildman–Crippen LogP) is 2.77. The quantitative estimate of drug-likeness (QED) is 0.867. The van der Waals surface area contributed by atoms with Crippen LogP contribution >= 0.6 is 0 Å². The summed E-state index contributed by atoms with van der Waals surface area (Å²) in [6, 6.07) is 6.36. The van der Waals surface area contributed by atoms with Crippen LogP contribution in [0.15, 0.2) is 22.6 Å². The number of hydrogen-bond donors (Lipinski definition) is 0. The average molecular weight is 328 g/mol. The van der Waals surface area contributed by atoms with Gasteiger partial charge in [-0.1, -0.05) is 26.0 Å². The van der Waals surface area contributed by atoms with Gasteiger partial charge in [0.2, 0.25) is 5.89 Å². The summed E-state index contributed by atoms with van der Waals surface area (Å²) < 4.78 is 5.48. The van der Waals surface area contributed by atoms with Crippen LogP contribution in [0, 0.1) is 13.8 Å². The largest absolute Gasteiger partial charge is 0.417 e. The van der Waals surface area contributed by atoms with E-state index in [1.807, 2.05) is 13.8 Å². The Morgan fingerprint density at radius 3 is 2.46 bits per heavy atom. The number of aromatic nitrogens is 2. The van der Waals surface area contributed by atoms with Gasteiger partial charge in [-0.25, -0.2) is 0 Å². The topological polar surface area (TPSA) is 62.5 Å². The van der Waals surface area contributed by atoms with Crippen molar-refractivity contribution in [2.24, 2.45) is 0 Å². The molecule has 0 radical (unpaired) electrons. The minimum absolute atomic E-state index is 0.0962. The summed E-state index contributed by atoms with van der Waals surface area (Å²) in [5.41, 5.74) is 3.84. The van der Waals surface area contributed by atoms with Crippen molar-refractivity contribution in [2.45, 2.75) is 33.6 Å². The van der Waals surface area contributed by atoms with Crippen molar-refractivity contribution in [1.29, 1.82) is 0 Å². The molecule has 2 heterocycles. The van der Waals surface area contributed by atoms with E-state index in [0.717, 1.165) is 13.1 Å². The highest BCUT2D eigenvalue weighted by Gasteiger charge is 2.27. The van der Waals surface area contributed by atoms with Gasteiger partial charge in [0.15, 0.2) is 0 Å². The first kappa shape index (κ1) is 16.5. The summed E-state index contributed by atoms with van der Waals surface area (Å²) in [5.74, 6) is 0.557. The lowest BCUT2D eigenvalue weighted by molar-refractivity contribution is 0.0704. The number of hydrogen-bond acceptors (Lipinski definition) is 5. The fourth-order valence-electron chi connectivity index (χ4n) is 2.92. The third-order valence-electron chi connectivity index (χ3n) is 4.60. The van der Waals surface area contributed by atoms with E-state index in [0.29, 0.717) is 19.0 Å². The SMILES string of the molecule is Cc1cccc(N2CCN(C(=O)c3nnc(C(C)C)o3)CC2)c1C. The Bertz CT molecular complexity index is 730. The van der Waals surface area contributed by atoms with Crippen molar-refractivity contribution in [3.63, 3.8) is 0 Å². The molecule has 0 spiro atoms. The maximum Gasteiger partial charge on any atom is 0.311 e. The molecule has 1 aromatic heterocycles. The van der Waals surface area contributed by atoms with Gasteiger partial charge in [-0.2, -0.15) is 0 Å². The zero-order chi connectivity index (χ0) is 17.3. The predicted molar refractivity (Wildman–Crippen MR) is 92.4 cm³/mol. The number of benzene rings is 1. The molecule has 6 nitrogen and oxygen atoms in total. The lowest BCUT2D eigenvalue weighted by atomic mass is 10.1. The van der Waals surface area contributed by atoms with Crippen LogP contribution in [0.5, 0.6) is 0 Å². The lowest BCUT2D eigenvalue weighted by Crippen LogP contribution is -2.49. The van der Waals surface area contributed by atoms with Crippen molar-refractivity contribution in [2.75, 3.05) is 31.1 Å². The molecular weight excluding hydrogens is 304 g/mol. The summed E-state index contributed by atoms with van der Waals surface area (Å²) >= 11 is 0. The van der Waals surface area contributed by atoms with E-state index >= 15 is 0 Å². The third kappa shape index (κ3) is 3.13. The van der Waals surface area contributed by atoms with Crippen molar-refractivity contribution < 1.29 is 9.21 Å². The zero-order valence-electron chi connectivity index (χ0n) is 14.7. The molecule has 0 atom stereocenters. The molecule has 1 aromatic carbocycles. The van der Waals surface area contributed by atoms with Gasteiger partial charge in [-0.05, 0) is 31.0 Å². The molecule has 128 valence electrons. The number of piperazine rings is 1. The second kappa shape index (κ2) is 6.63. The molecule has 1 aliphatic heterocycles. The standard InChI is InChI=1S/C18H24N4O2/c1-12(2)16-19-20-17(24-16)18(23)22-10-8-21(9-11-22)15-7-5-6-13(3)14(15)4/h5-7,12H,8-11H2,1-4H3. The van der Waals surface area contributed by atoms with Crippen molar-refractivity contribution in [3.8, 4) is 0 Å². The van der Waals surface area contributed by atoms with Gasteiger partial charge < -0.3 is 14.2 Å². The maximum atomic E-state index is 12.5. The second-order valence-corrected chi connectivity index (χ2v) is 6.60. The number of aryl methyl sites for hydroxylation is 1. The van der Waals surface area contributed by atoms with Gasteiger partial charge in [0, 0.05) is 37.8 Å². The number of anilines is 1. The molecular formula is C18H24N4O2. The minimum atomic E-state index is -0.171. The van der Waals surface area contributed by atoms with E-state index in [1.54, 1.807) is 4.90 Å². The smallest absolute Gasteiger partial charge is 0.311 e.